The third kappa shape index (κ3) is 2.42. The van der Waals surface area contributed by atoms with Crippen molar-refractivity contribution in [2.45, 2.75) is 19.1 Å². The van der Waals surface area contributed by atoms with E-state index < -0.39 is 0 Å². The minimum Gasteiger partial charge on any atom is -0.353 e. The Bertz CT molecular complexity index is 994. The van der Waals surface area contributed by atoms with Gasteiger partial charge in [0.25, 0.3) is 5.91 Å². The molecule has 5 heteroatoms. The first-order valence-electron chi connectivity index (χ1n) is 8.58. The van der Waals surface area contributed by atoms with Gasteiger partial charge in [-0.1, -0.05) is 36.4 Å². The van der Waals surface area contributed by atoms with Crippen molar-refractivity contribution in [1.82, 2.24) is 10.2 Å². The van der Waals surface area contributed by atoms with Crippen LogP contribution in [0.2, 0.25) is 0 Å². The lowest BCUT2D eigenvalue weighted by molar-refractivity contribution is 0.0935. The first-order valence-corrected chi connectivity index (χ1v) is 9.40. The minimum atomic E-state index is -0.178. The van der Waals surface area contributed by atoms with Crippen LogP contribution >= 0.6 is 11.3 Å². The second kappa shape index (κ2) is 5.58. The Balaban J connectivity index is 1.52. The van der Waals surface area contributed by atoms with Crippen LogP contribution in [0.25, 0.3) is 10.8 Å². The summed E-state index contributed by atoms with van der Waals surface area (Å²) >= 11 is 1.73. The van der Waals surface area contributed by atoms with Gasteiger partial charge in [0.05, 0.1) is 5.56 Å². The topological polar surface area (TPSA) is 44.4 Å². The second-order valence-corrected chi connectivity index (χ2v) is 7.96. The van der Waals surface area contributed by atoms with Gasteiger partial charge in [-0.25, -0.2) is 0 Å². The molecule has 0 aliphatic carbocycles. The van der Waals surface area contributed by atoms with E-state index in [9.17, 15) is 4.79 Å². The van der Waals surface area contributed by atoms with Crippen LogP contribution in [0.1, 0.15) is 32.5 Å². The van der Waals surface area contributed by atoms with Crippen LogP contribution in [0.4, 0.5) is 5.00 Å². The summed E-state index contributed by atoms with van der Waals surface area (Å²) in [6.45, 7) is 1.94. The number of fused-ring (bicyclic) bond motifs is 4. The molecule has 2 aromatic carbocycles. The van der Waals surface area contributed by atoms with E-state index in [1.54, 1.807) is 11.3 Å². The maximum atomic E-state index is 12.8. The van der Waals surface area contributed by atoms with Crippen LogP contribution in [0.15, 0.2) is 42.5 Å². The fourth-order valence-electron chi connectivity index (χ4n) is 3.80. The summed E-state index contributed by atoms with van der Waals surface area (Å²) in [6.07, 6.45) is 0.773. The number of likely N-dealkylation sites (N-methyl/N-ethyl adjacent to an activating group) is 1. The van der Waals surface area contributed by atoms with Crippen molar-refractivity contribution < 1.29 is 4.79 Å². The van der Waals surface area contributed by atoms with Gasteiger partial charge in [-0.3, -0.25) is 4.79 Å². The fourth-order valence-corrected chi connectivity index (χ4v) is 5.15. The number of hydrogen-bond acceptors (Lipinski definition) is 4. The molecule has 2 aliphatic rings. The van der Waals surface area contributed by atoms with Crippen LogP contribution in [0, 0.1) is 0 Å². The maximum absolute atomic E-state index is 12.8. The molecule has 3 aromatic rings. The number of nitrogens with zero attached hydrogens (tertiary/aromatic N) is 1. The van der Waals surface area contributed by atoms with Crippen molar-refractivity contribution in [2.75, 3.05) is 18.9 Å². The number of amides is 1. The molecule has 0 spiro atoms. The third-order valence-electron chi connectivity index (χ3n) is 5.13. The van der Waals surface area contributed by atoms with Gasteiger partial charge in [-0.15, -0.1) is 11.3 Å². The van der Waals surface area contributed by atoms with Gasteiger partial charge in [-0.2, -0.15) is 0 Å². The van der Waals surface area contributed by atoms with Gasteiger partial charge < -0.3 is 15.5 Å². The average Bonchev–Trinajstić information content (AvgIpc) is 2.99. The van der Waals surface area contributed by atoms with Crippen molar-refractivity contribution in [2.24, 2.45) is 0 Å². The quantitative estimate of drug-likeness (QED) is 0.703. The molecule has 0 bridgehead atoms. The Morgan fingerprint density at radius 3 is 2.84 bits per heavy atom. The number of hydrogen-bond donors (Lipinski definition) is 2. The van der Waals surface area contributed by atoms with Gasteiger partial charge in [0.15, 0.2) is 0 Å². The molecule has 5 rings (SSSR count). The fraction of sp³-hybridized carbons (Fsp3) is 0.250. The lowest BCUT2D eigenvalue weighted by Crippen LogP contribution is -2.38. The Kier molecular flexibility index (Phi) is 3.33. The normalized spacial score (nSPS) is 19.9. The predicted molar refractivity (Wildman–Crippen MR) is 102 cm³/mol. The van der Waals surface area contributed by atoms with Crippen LogP contribution in [-0.2, 0) is 13.0 Å². The predicted octanol–water partition coefficient (Wildman–Crippen LogP) is 3.74. The van der Waals surface area contributed by atoms with Gasteiger partial charge >= 0.3 is 0 Å². The molecule has 0 radical (unpaired) electrons. The molecule has 2 aliphatic heterocycles. The lowest BCUT2D eigenvalue weighted by Gasteiger charge is -2.27. The maximum Gasteiger partial charge on any atom is 0.256 e. The van der Waals surface area contributed by atoms with Gasteiger partial charge in [-0.05, 0) is 41.4 Å². The highest BCUT2D eigenvalue weighted by Gasteiger charge is 2.32. The molecule has 0 saturated carbocycles. The highest BCUT2D eigenvalue weighted by molar-refractivity contribution is 7.16. The van der Waals surface area contributed by atoms with Crippen LogP contribution in [0.3, 0.4) is 0 Å². The molecule has 4 nitrogen and oxygen atoms in total. The smallest absolute Gasteiger partial charge is 0.256 e. The standard InChI is InChI=1S/C20H19N3OS/c1-23-9-8-15-16(11-23)25-20-17(15)19(24)21-18(22-20)14-7-6-12-4-2-3-5-13(12)10-14/h2-7,10,18,22H,8-9,11H2,1H3,(H,21,24)/t18-/m1/s1. The number of carbonyl (C=O) groups is 1. The average molecular weight is 349 g/mol. The molecule has 0 fully saturated rings. The summed E-state index contributed by atoms with van der Waals surface area (Å²) in [5.41, 5.74) is 3.19. The number of carbonyl (C=O) groups excluding carboxylic acids is 1. The number of benzene rings is 2. The SMILES string of the molecule is CN1CCc2c(sc3c2C(=O)N[C@@H](c2ccc4ccccc4c2)N3)C1. The second-order valence-electron chi connectivity index (χ2n) is 6.85. The zero-order valence-electron chi connectivity index (χ0n) is 14.0. The lowest BCUT2D eigenvalue weighted by atomic mass is 10.00. The molecule has 3 heterocycles. The largest absolute Gasteiger partial charge is 0.353 e. The molecular formula is C20H19N3OS. The van der Waals surface area contributed by atoms with Gasteiger partial charge in [0, 0.05) is 18.0 Å². The summed E-state index contributed by atoms with van der Waals surface area (Å²) in [5, 5.41) is 10.1. The molecule has 126 valence electrons. The molecule has 2 N–H and O–H groups in total. The Morgan fingerprint density at radius 1 is 1.12 bits per heavy atom. The summed E-state index contributed by atoms with van der Waals surface area (Å²) in [7, 11) is 2.13. The number of rotatable bonds is 1. The Morgan fingerprint density at radius 2 is 1.96 bits per heavy atom. The highest BCUT2D eigenvalue weighted by Crippen LogP contribution is 2.40. The van der Waals surface area contributed by atoms with Gasteiger partial charge in [0.2, 0.25) is 0 Å². The van der Waals surface area contributed by atoms with Crippen molar-refractivity contribution >= 4 is 33.0 Å². The summed E-state index contributed by atoms with van der Waals surface area (Å²) in [5.74, 6) is 0.0500. The number of anilines is 1. The third-order valence-corrected chi connectivity index (χ3v) is 6.28. The molecule has 1 atom stereocenters. The van der Waals surface area contributed by atoms with Crippen molar-refractivity contribution in [3.8, 4) is 0 Å². The molecule has 1 amide bonds. The van der Waals surface area contributed by atoms with Crippen LogP contribution in [-0.4, -0.2) is 24.4 Å². The van der Waals surface area contributed by atoms with Crippen molar-refractivity contribution in [1.29, 1.82) is 0 Å². The molecular weight excluding hydrogens is 330 g/mol. The summed E-state index contributed by atoms with van der Waals surface area (Å²) in [4.78, 5) is 16.4. The minimum absolute atomic E-state index is 0.0500. The monoisotopic (exact) mass is 349 g/mol. The molecule has 1 aromatic heterocycles. The number of nitrogens with one attached hydrogen (secondary N) is 2. The zero-order valence-corrected chi connectivity index (χ0v) is 14.8. The van der Waals surface area contributed by atoms with E-state index in [-0.39, 0.29) is 12.1 Å². The van der Waals surface area contributed by atoms with Crippen molar-refractivity contribution in [3.05, 3.63) is 64.0 Å². The Hall–Kier alpha value is -2.37. The molecule has 0 saturated heterocycles. The van der Waals surface area contributed by atoms with E-state index in [0.717, 1.165) is 35.6 Å². The summed E-state index contributed by atoms with van der Waals surface area (Å²) < 4.78 is 0. The van der Waals surface area contributed by atoms with E-state index in [1.165, 1.54) is 21.2 Å². The van der Waals surface area contributed by atoms with E-state index in [2.05, 4.69) is 52.9 Å². The van der Waals surface area contributed by atoms with E-state index >= 15 is 0 Å². The van der Waals surface area contributed by atoms with Crippen LogP contribution < -0.4 is 10.6 Å². The van der Waals surface area contributed by atoms with E-state index in [1.807, 2.05) is 12.1 Å². The molecule has 25 heavy (non-hydrogen) atoms. The zero-order chi connectivity index (χ0) is 17.0. The highest BCUT2D eigenvalue weighted by atomic mass is 32.1. The molecule has 0 unspecified atom stereocenters. The number of thiophene rings is 1. The van der Waals surface area contributed by atoms with Gasteiger partial charge in [0.1, 0.15) is 11.2 Å². The Labute approximate surface area is 150 Å². The first-order chi connectivity index (χ1) is 12.2. The first kappa shape index (κ1) is 14.9. The van der Waals surface area contributed by atoms with E-state index in [0.29, 0.717) is 0 Å². The van der Waals surface area contributed by atoms with Crippen LogP contribution in [0.5, 0.6) is 0 Å². The van der Waals surface area contributed by atoms with Crippen molar-refractivity contribution in [3.63, 3.8) is 0 Å². The van der Waals surface area contributed by atoms with E-state index in [4.69, 9.17) is 0 Å². The summed E-state index contributed by atoms with van der Waals surface area (Å²) in [6, 6.07) is 14.7.